The highest BCUT2D eigenvalue weighted by atomic mass is 16.7. The number of fused-ring (bicyclic) bond motifs is 2. The van der Waals surface area contributed by atoms with Crippen LogP contribution in [0.1, 0.15) is 23.5 Å². The first kappa shape index (κ1) is 13.8. The molecule has 0 spiro atoms. The number of ether oxygens (including phenoxy) is 4. The second-order valence-electron chi connectivity index (χ2n) is 5.41. The van der Waals surface area contributed by atoms with Gasteiger partial charge >= 0.3 is 5.97 Å². The number of rotatable bonds is 2. The lowest BCUT2D eigenvalue weighted by atomic mass is 9.86. The Hall–Kier alpha value is -2.89. The monoisotopic (exact) mass is 314 g/mol. The molecule has 1 N–H and O–H groups in total. The summed E-state index contributed by atoms with van der Waals surface area (Å²) in [7, 11) is 1.49. The number of carbonyl (C=O) groups excluding carboxylic acids is 1. The summed E-state index contributed by atoms with van der Waals surface area (Å²) in [6, 6.07) is 8.58. The molecular formula is C17H14O6. The number of hydrogen-bond acceptors (Lipinski definition) is 6. The zero-order valence-corrected chi connectivity index (χ0v) is 12.4. The van der Waals surface area contributed by atoms with Gasteiger partial charge in [-0.25, -0.2) is 0 Å². The van der Waals surface area contributed by atoms with Crippen LogP contribution in [0.25, 0.3) is 0 Å². The van der Waals surface area contributed by atoms with Crippen molar-refractivity contribution in [1.29, 1.82) is 0 Å². The second kappa shape index (κ2) is 5.08. The van der Waals surface area contributed by atoms with E-state index in [0.29, 0.717) is 23.0 Å². The smallest absolute Gasteiger partial charge is 0.312 e. The predicted octanol–water partition coefficient (Wildman–Crippen LogP) is 2.57. The summed E-state index contributed by atoms with van der Waals surface area (Å²) < 4.78 is 21.2. The normalized spacial score (nSPS) is 18.3. The molecule has 118 valence electrons. The first-order valence-corrected chi connectivity index (χ1v) is 7.17. The molecule has 1 atom stereocenters. The molecule has 6 heteroatoms. The predicted molar refractivity (Wildman–Crippen MR) is 79.3 cm³/mol. The van der Waals surface area contributed by atoms with Gasteiger partial charge in [-0.05, 0) is 23.8 Å². The molecule has 2 aromatic rings. The zero-order chi connectivity index (χ0) is 16.0. The number of phenolic OH excluding ortho intramolecular Hbond substituents is 1. The van der Waals surface area contributed by atoms with Crippen LogP contribution in [-0.4, -0.2) is 25.0 Å². The topological polar surface area (TPSA) is 74.2 Å². The Labute approximate surface area is 132 Å². The van der Waals surface area contributed by atoms with E-state index in [9.17, 15) is 9.90 Å². The Balaban J connectivity index is 1.83. The van der Waals surface area contributed by atoms with Gasteiger partial charge in [0.05, 0.1) is 13.5 Å². The number of benzene rings is 2. The molecule has 0 bridgehead atoms. The molecule has 0 fully saturated rings. The number of methoxy groups -OCH3 is 1. The highest BCUT2D eigenvalue weighted by Gasteiger charge is 2.32. The van der Waals surface area contributed by atoms with Crippen molar-refractivity contribution in [2.75, 3.05) is 13.9 Å². The van der Waals surface area contributed by atoms with E-state index in [0.717, 1.165) is 11.1 Å². The Morgan fingerprint density at radius 2 is 1.91 bits per heavy atom. The van der Waals surface area contributed by atoms with E-state index in [-0.39, 0.29) is 30.9 Å². The van der Waals surface area contributed by atoms with Crippen molar-refractivity contribution >= 4 is 5.97 Å². The maximum absolute atomic E-state index is 12.0. The molecule has 0 saturated heterocycles. The molecule has 0 radical (unpaired) electrons. The first-order valence-electron chi connectivity index (χ1n) is 7.17. The van der Waals surface area contributed by atoms with E-state index in [4.69, 9.17) is 18.9 Å². The van der Waals surface area contributed by atoms with Crippen LogP contribution < -0.4 is 18.9 Å². The van der Waals surface area contributed by atoms with Crippen molar-refractivity contribution in [2.24, 2.45) is 0 Å². The molecule has 0 amide bonds. The largest absolute Gasteiger partial charge is 0.504 e. The van der Waals surface area contributed by atoms with Crippen LogP contribution in [0, 0.1) is 0 Å². The summed E-state index contributed by atoms with van der Waals surface area (Å²) in [5, 5.41) is 9.75. The molecule has 23 heavy (non-hydrogen) atoms. The molecule has 2 aliphatic rings. The van der Waals surface area contributed by atoms with Crippen molar-refractivity contribution in [2.45, 2.75) is 12.3 Å². The van der Waals surface area contributed by atoms with Gasteiger partial charge < -0.3 is 24.1 Å². The van der Waals surface area contributed by atoms with E-state index < -0.39 is 0 Å². The van der Waals surface area contributed by atoms with Gasteiger partial charge in [-0.1, -0.05) is 6.07 Å². The third-order valence-corrected chi connectivity index (χ3v) is 4.08. The van der Waals surface area contributed by atoms with E-state index in [1.54, 1.807) is 24.3 Å². The molecule has 0 aliphatic carbocycles. The Kier molecular flexibility index (Phi) is 3.04. The van der Waals surface area contributed by atoms with Gasteiger partial charge in [-0.3, -0.25) is 4.79 Å². The van der Waals surface area contributed by atoms with Gasteiger partial charge in [-0.15, -0.1) is 0 Å². The fourth-order valence-electron chi connectivity index (χ4n) is 2.95. The van der Waals surface area contributed by atoms with Crippen molar-refractivity contribution in [1.82, 2.24) is 0 Å². The van der Waals surface area contributed by atoms with Gasteiger partial charge in [-0.2, -0.15) is 0 Å². The van der Waals surface area contributed by atoms with Crippen LogP contribution >= 0.6 is 0 Å². The van der Waals surface area contributed by atoms with E-state index in [2.05, 4.69) is 0 Å². The Bertz CT molecular complexity index is 798. The average molecular weight is 314 g/mol. The van der Waals surface area contributed by atoms with E-state index in [1.165, 1.54) is 7.11 Å². The molecule has 0 saturated carbocycles. The van der Waals surface area contributed by atoms with Gasteiger partial charge in [0, 0.05) is 17.5 Å². The summed E-state index contributed by atoms with van der Waals surface area (Å²) >= 11 is 0. The van der Waals surface area contributed by atoms with Gasteiger partial charge in [0.25, 0.3) is 0 Å². The quantitative estimate of drug-likeness (QED) is 0.678. The van der Waals surface area contributed by atoms with Crippen LogP contribution in [-0.2, 0) is 4.79 Å². The summed E-state index contributed by atoms with van der Waals surface area (Å²) in [4.78, 5) is 12.0. The summed E-state index contributed by atoms with van der Waals surface area (Å²) in [6.07, 6.45) is 0.209. The minimum absolute atomic E-state index is 0.0561. The Morgan fingerprint density at radius 3 is 2.70 bits per heavy atom. The molecule has 2 aromatic carbocycles. The molecular weight excluding hydrogens is 300 g/mol. The minimum atomic E-state index is -0.312. The standard InChI is InChI=1S/C17H14O6/c1-20-14-4-9(2-3-12(14)18)10-6-17(19)23-13-7-16-15(5-11(10)13)21-8-22-16/h2-5,7,10,18H,6,8H2,1H3/t10-/m0/s1. The second-order valence-corrected chi connectivity index (χ2v) is 5.41. The molecule has 0 unspecified atom stereocenters. The Morgan fingerprint density at radius 1 is 1.13 bits per heavy atom. The molecule has 6 nitrogen and oxygen atoms in total. The molecule has 4 rings (SSSR count). The molecule has 2 heterocycles. The van der Waals surface area contributed by atoms with Gasteiger partial charge in [0.15, 0.2) is 23.0 Å². The lowest BCUT2D eigenvalue weighted by Gasteiger charge is -2.25. The van der Waals surface area contributed by atoms with Crippen LogP contribution in [0.2, 0.25) is 0 Å². The van der Waals surface area contributed by atoms with Crippen LogP contribution in [0.15, 0.2) is 30.3 Å². The van der Waals surface area contributed by atoms with Crippen LogP contribution in [0.3, 0.4) is 0 Å². The lowest BCUT2D eigenvalue weighted by molar-refractivity contribution is -0.135. The van der Waals surface area contributed by atoms with Gasteiger partial charge in [0.2, 0.25) is 6.79 Å². The molecule has 2 aliphatic heterocycles. The van der Waals surface area contributed by atoms with Gasteiger partial charge in [0.1, 0.15) is 5.75 Å². The summed E-state index contributed by atoms with van der Waals surface area (Å²) in [5.41, 5.74) is 1.71. The SMILES string of the molecule is COc1cc([C@@H]2CC(=O)Oc3cc4c(cc32)OCO4)ccc1O. The highest BCUT2D eigenvalue weighted by Crippen LogP contribution is 2.46. The number of esters is 1. The molecule has 0 aromatic heterocycles. The number of aromatic hydroxyl groups is 1. The number of hydrogen-bond donors (Lipinski definition) is 1. The van der Waals surface area contributed by atoms with E-state index in [1.807, 2.05) is 6.07 Å². The van der Waals surface area contributed by atoms with Crippen LogP contribution in [0.4, 0.5) is 0 Å². The minimum Gasteiger partial charge on any atom is -0.504 e. The van der Waals surface area contributed by atoms with E-state index >= 15 is 0 Å². The zero-order valence-electron chi connectivity index (χ0n) is 12.4. The maximum atomic E-state index is 12.0. The summed E-state index contributed by atoms with van der Waals surface area (Å²) in [5.74, 6) is 1.59. The van der Waals surface area contributed by atoms with Crippen molar-refractivity contribution in [3.05, 3.63) is 41.5 Å². The lowest BCUT2D eigenvalue weighted by Crippen LogP contribution is -2.21. The third kappa shape index (κ3) is 2.23. The number of phenols is 1. The average Bonchev–Trinajstić information content (AvgIpc) is 3.00. The maximum Gasteiger partial charge on any atom is 0.312 e. The van der Waals surface area contributed by atoms with Crippen molar-refractivity contribution in [3.8, 4) is 28.7 Å². The number of carbonyl (C=O) groups is 1. The van der Waals surface area contributed by atoms with Crippen molar-refractivity contribution in [3.63, 3.8) is 0 Å². The summed E-state index contributed by atoms with van der Waals surface area (Å²) in [6.45, 7) is 0.157. The highest BCUT2D eigenvalue weighted by molar-refractivity contribution is 5.78. The first-order chi connectivity index (χ1) is 11.2. The fraction of sp³-hybridized carbons (Fsp3) is 0.235. The van der Waals surface area contributed by atoms with Crippen LogP contribution in [0.5, 0.6) is 28.7 Å². The fourth-order valence-corrected chi connectivity index (χ4v) is 2.95. The third-order valence-electron chi connectivity index (χ3n) is 4.08. The van der Waals surface area contributed by atoms with Crippen molar-refractivity contribution < 1.29 is 28.8 Å².